The van der Waals surface area contributed by atoms with E-state index in [2.05, 4.69) is 46.0 Å². The molecule has 3 heteroatoms. The lowest BCUT2D eigenvalue weighted by molar-refractivity contribution is 0.307. The highest BCUT2D eigenvalue weighted by atomic mass is 79.9. The Morgan fingerprint density at radius 1 is 1.11 bits per heavy atom. The number of aromatic amines is 1. The van der Waals surface area contributed by atoms with Crippen LogP contribution in [0.2, 0.25) is 0 Å². The van der Waals surface area contributed by atoms with Gasteiger partial charge in [-0.1, -0.05) is 29.8 Å². The van der Waals surface area contributed by atoms with Crippen molar-refractivity contribution >= 4 is 26.8 Å². The topological polar surface area (TPSA) is 25.0 Å². The lowest BCUT2D eigenvalue weighted by Gasteiger charge is -2.05. The van der Waals surface area contributed by atoms with E-state index in [1.807, 2.05) is 30.5 Å². The largest absolute Gasteiger partial charge is 0.489 e. The van der Waals surface area contributed by atoms with E-state index in [0.717, 1.165) is 21.3 Å². The molecule has 0 unspecified atom stereocenters. The van der Waals surface area contributed by atoms with Gasteiger partial charge < -0.3 is 9.72 Å². The van der Waals surface area contributed by atoms with Crippen LogP contribution in [0, 0.1) is 6.92 Å². The summed E-state index contributed by atoms with van der Waals surface area (Å²) in [5, 5.41) is 1.20. The van der Waals surface area contributed by atoms with E-state index in [1.165, 1.54) is 10.9 Å². The SMILES string of the molecule is Cc1ccc(OCc2c[nH]c3c(Br)cccc23)cc1. The third-order valence-electron chi connectivity index (χ3n) is 3.17. The van der Waals surface area contributed by atoms with Gasteiger partial charge in [-0.2, -0.15) is 0 Å². The summed E-state index contributed by atoms with van der Waals surface area (Å²) in [5.74, 6) is 0.898. The van der Waals surface area contributed by atoms with Gasteiger partial charge in [-0.3, -0.25) is 0 Å². The number of nitrogens with one attached hydrogen (secondary N) is 1. The highest BCUT2D eigenvalue weighted by molar-refractivity contribution is 9.10. The van der Waals surface area contributed by atoms with Gasteiger partial charge in [0, 0.05) is 21.6 Å². The molecule has 0 fully saturated rings. The van der Waals surface area contributed by atoms with Crippen molar-refractivity contribution in [3.05, 3.63) is 64.3 Å². The number of ether oxygens (including phenoxy) is 1. The number of aryl methyl sites for hydroxylation is 1. The summed E-state index contributed by atoms with van der Waals surface area (Å²) in [5.41, 5.74) is 3.52. The molecule has 0 radical (unpaired) electrons. The number of rotatable bonds is 3. The van der Waals surface area contributed by atoms with Crippen molar-refractivity contribution in [1.29, 1.82) is 0 Å². The molecule has 0 saturated carbocycles. The molecule has 2 nitrogen and oxygen atoms in total. The van der Waals surface area contributed by atoms with E-state index >= 15 is 0 Å². The molecule has 2 aromatic carbocycles. The normalized spacial score (nSPS) is 10.8. The molecule has 1 aromatic heterocycles. The van der Waals surface area contributed by atoms with Crippen LogP contribution in [-0.2, 0) is 6.61 Å². The first kappa shape index (κ1) is 12.3. The van der Waals surface area contributed by atoms with Crippen LogP contribution in [0.4, 0.5) is 0 Å². The molecule has 0 atom stereocenters. The molecule has 0 amide bonds. The van der Waals surface area contributed by atoms with Gasteiger partial charge in [0.1, 0.15) is 12.4 Å². The first-order chi connectivity index (χ1) is 9.24. The molecule has 1 N–H and O–H groups in total. The van der Waals surface area contributed by atoms with Crippen LogP contribution >= 0.6 is 15.9 Å². The minimum Gasteiger partial charge on any atom is -0.489 e. The van der Waals surface area contributed by atoms with E-state index < -0.39 is 0 Å². The first-order valence-electron chi connectivity index (χ1n) is 6.18. The van der Waals surface area contributed by atoms with Gasteiger partial charge in [-0.25, -0.2) is 0 Å². The summed E-state index contributed by atoms with van der Waals surface area (Å²) >= 11 is 3.54. The molecule has 3 rings (SSSR count). The fourth-order valence-electron chi connectivity index (χ4n) is 2.09. The third kappa shape index (κ3) is 2.51. The van der Waals surface area contributed by atoms with Crippen molar-refractivity contribution in [2.24, 2.45) is 0 Å². The summed E-state index contributed by atoms with van der Waals surface area (Å²) in [6.07, 6.45) is 2.00. The number of aromatic nitrogens is 1. The van der Waals surface area contributed by atoms with E-state index in [0.29, 0.717) is 6.61 Å². The van der Waals surface area contributed by atoms with Gasteiger partial charge in [0.15, 0.2) is 0 Å². The van der Waals surface area contributed by atoms with Gasteiger partial charge in [0.25, 0.3) is 0 Å². The van der Waals surface area contributed by atoms with E-state index in [4.69, 9.17) is 4.74 Å². The molecule has 0 aliphatic carbocycles. The second-order valence-electron chi connectivity index (χ2n) is 4.58. The Kier molecular flexibility index (Phi) is 3.30. The summed E-state index contributed by atoms with van der Waals surface area (Å²) in [6.45, 7) is 2.64. The third-order valence-corrected chi connectivity index (χ3v) is 3.83. The molecule has 0 aliphatic rings. The van der Waals surface area contributed by atoms with E-state index in [1.54, 1.807) is 0 Å². The van der Waals surface area contributed by atoms with Crippen molar-refractivity contribution in [2.45, 2.75) is 13.5 Å². The molecular formula is C16H14BrNO. The fourth-order valence-corrected chi connectivity index (χ4v) is 2.57. The van der Waals surface area contributed by atoms with Crippen LogP contribution in [0.25, 0.3) is 10.9 Å². The lowest BCUT2D eigenvalue weighted by Crippen LogP contribution is -1.94. The van der Waals surface area contributed by atoms with Gasteiger partial charge in [0.2, 0.25) is 0 Å². The predicted octanol–water partition coefficient (Wildman–Crippen LogP) is 4.82. The Bertz CT molecular complexity index is 700. The Labute approximate surface area is 120 Å². The monoisotopic (exact) mass is 315 g/mol. The Balaban J connectivity index is 1.82. The van der Waals surface area contributed by atoms with Gasteiger partial charge in [0.05, 0.1) is 5.52 Å². The second kappa shape index (κ2) is 5.10. The van der Waals surface area contributed by atoms with Gasteiger partial charge >= 0.3 is 0 Å². The van der Waals surface area contributed by atoms with Crippen molar-refractivity contribution < 1.29 is 4.74 Å². The highest BCUT2D eigenvalue weighted by Gasteiger charge is 2.06. The fraction of sp³-hybridized carbons (Fsp3) is 0.125. The first-order valence-corrected chi connectivity index (χ1v) is 6.97. The predicted molar refractivity (Wildman–Crippen MR) is 81.5 cm³/mol. The minimum absolute atomic E-state index is 0.569. The molecule has 1 heterocycles. The van der Waals surface area contributed by atoms with Crippen LogP contribution in [-0.4, -0.2) is 4.98 Å². The van der Waals surface area contributed by atoms with Crippen LogP contribution in [0.3, 0.4) is 0 Å². The van der Waals surface area contributed by atoms with Crippen molar-refractivity contribution in [3.8, 4) is 5.75 Å². The number of fused-ring (bicyclic) bond motifs is 1. The Morgan fingerprint density at radius 3 is 2.68 bits per heavy atom. The molecule has 3 aromatic rings. The zero-order chi connectivity index (χ0) is 13.2. The highest BCUT2D eigenvalue weighted by Crippen LogP contribution is 2.26. The van der Waals surface area contributed by atoms with Crippen molar-refractivity contribution in [3.63, 3.8) is 0 Å². The summed E-state index contributed by atoms with van der Waals surface area (Å²) < 4.78 is 6.89. The summed E-state index contributed by atoms with van der Waals surface area (Å²) in [7, 11) is 0. The average molecular weight is 316 g/mol. The molecular weight excluding hydrogens is 302 g/mol. The van der Waals surface area contributed by atoms with Crippen LogP contribution in [0.1, 0.15) is 11.1 Å². The molecule has 0 saturated heterocycles. The van der Waals surface area contributed by atoms with E-state index in [-0.39, 0.29) is 0 Å². The maximum atomic E-state index is 5.82. The maximum absolute atomic E-state index is 5.82. The number of hydrogen-bond donors (Lipinski definition) is 1. The molecule has 96 valence electrons. The zero-order valence-electron chi connectivity index (χ0n) is 10.6. The Morgan fingerprint density at radius 2 is 1.89 bits per heavy atom. The summed E-state index contributed by atoms with van der Waals surface area (Å²) in [6, 6.07) is 14.3. The molecule has 19 heavy (non-hydrogen) atoms. The lowest BCUT2D eigenvalue weighted by atomic mass is 10.2. The van der Waals surface area contributed by atoms with Gasteiger partial charge in [-0.05, 0) is 41.1 Å². The smallest absolute Gasteiger partial charge is 0.119 e. The van der Waals surface area contributed by atoms with Crippen LogP contribution < -0.4 is 4.74 Å². The summed E-state index contributed by atoms with van der Waals surface area (Å²) in [4.78, 5) is 3.27. The van der Waals surface area contributed by atoms with Crippen LogP contribution in [0.5, 0.6) is 5.75 Å². The molecule has 0 spiro atoms. The number of para-hydroxylation sites is 1. The van der Waals surface area contributed by atoms with E-state index in [9.17, 15) is 0 Å². The minimum atomic E-state index is 0.569. The second-order valence-corrected chi connectivity index (χ2v) is 5.43. The standard InChI is InChI=1S/C16H14BrNO/c1-11-5-7-13(8-6-11)19-10-12-9-18-16-14(12)3-2-4-15(16)17/h2-9,18H,10H2,1H3. The van der Waals surface area contributed by atoms with Crippen molar-refractivity contribution in [1.82, 2.24) is 4.98 Å². The molecule has 0 aliphatic heterocycles. The number of H-pyrrole nitrogens is 1. The quantitative estimate of drug-likeness (QED) is 0.736. The number of benzene rings is 2. The Hall–Kier alpha value is -1.74. The zero-order valence-corrected chi connectivity index (χ0v) is 12.2. The number of hydrogen-bond acceptors (Lipinski definition) is 1. The maximum Gasteiger partial charge on any atom is 0.119 e. The average Bonchev–Trinajstić information content (AvgIpc) is 2.83. The van der Waals surface area contributed by atoms with Crippen LogP contribution in [0.15, 0.2) is 53.1 Å². The van der Waals surface area contributed by atoms with Gasteiger partial charge in [-0.15, -0.1) is 0 Å². The van der Waals surface area contributed by atoms with Crippen molar-refractivity contribution in [2.75, 3.05) is 0 Å². The number of halogens is 1. The molecule has 0 bridgehead atoms.